The number of nitrogens with zero attached hydrogens (tertiary/aromatic N) is 5. The monoisotopic (exact) mass is 408 g/mol. The number of aromatic nitrogens is 4. The van der Waals surface area contributed by atoms with Gasteiger partial charge in [-0.1, -0.05) is 0 Å². The first kappa shape index (κ1) is 20.5. The van der Waals surface area contributed by atoms with Gasteiger partial charge in [-0.2, -0.15) is 14.5 Å². The maximum absolute atomic E-state index is 12.9. The smallest absolute Gasteiger partial charge is 0.246 e. The second-order valence-electron chi connectivity index (χ2n) is 7.35. The van der Waals surface area contributed by atoms with Crippen molar-refractivity contribution in [3.05, 3.63) is 29.8 Å². The van der Waals surface area contributed by atoms with Gasteiger partial charge in [0.1, 0.15) is 4.90 Å². The number of carbonyl (C=O) groups excluding carboxylic acids is 1. The Morgan fingerprint density at radius 3 is 2.71 bits per heavy atom. The van der Waals surface area contributed by atoms with Crippen LogP contribution in [-0.4, -0.2) is 57.8 Å². The van der Waals surface area contributed by atoms with E-state index >= 15 is 0 Å². The number of rotatable bonds is 7. The third kappa shape index (κ3) is 4.44. The molecule has 0 unspecified atom stereocenters. The maximum atomic E-state index is 12.9. The molecule has 0 aliphatic carbocycles. The summed E-state index contributed by atoms with van der Waals surface area (Å²) < 4.78 is 30.7. The number of nitrogens with one attached hydrogen (secondary N) is 1. The SMILES string of the molecule is Cc1cnn(CCCNC(=O)[C@@H]2CCCN(S(=O)(=O)c3cnn(C)c3C)C2)c1. The first-order valence-corrected chi connectivity index (χ1v) is 11.0. The lowest BCUT2D eigenvalue weighted by Gasteiger charge is -2.31. The van der Waals surface area contributed by atoms with Gasteiger partial charge in [-0.25, -0.2) is 8.42 Å². The lowest BCUT2D eigenvalue weighted by Crippen LogP contribution is -2.45. The van der Waals surface area contributed by atoms with E-state index in [4.69, 9.17) is 0 Å². The zero-order valence-electron chi connectivity index (χ0n) is 16.6. The van der Waals surface area contributed by atoms with Crippen molar-refractivity contribution in [2.75, 3.05) is 19.6 Å². The fraction of sp³-hybridized carbons (Fsp3) is 0.611. The highest BCUT2D eigenvalue weighted by Gasteiger charge is 2.34. The van der Waals surface area contributed by atoms with E-state index in [-0.39, 0.29) is 23.3 Å². The van der Waals surface area contributed by atoms with E-state index in [1.54, 1.807) is 24.9 Å². The predicted molar refractivity (Wildman–Crippen MR) is 104 cm³/mol. The van der Waals surface area contributed by atoms with Crippen molar-refractivity contribution in [1.29, 1.82) is 0 Å². The van der Waals surface area contributed by atoms with E-state index in [0.717, 1.165) is 18.5 Å². The summed E-state index contributed by atoms with van der Waals surface area (Å²) in [5, 5.41) is 11.2. The number of amides is 1. The Balaban J connectivity index is 1.53. The highest BCUT2D eigenvalue weighted by Crippen LogP contribution is 2.25. The molecule has 2 aromatic rings. The molecule has 0 bridgehead atoms. The molecule has 0 spiro atoms. The van der Waals surface area contributed by atoms with Gasteiger partial charge in [0.25, 0.3) is 0 Å². The van der Waals surface area contributed by atoms with Gasteiger partial charge in [0.05, 0.1) is 24.0 Å². The molecular weight excluding hydrogens is 380 g/mol. The minimum absolute atomic E-state index is 0.0838. The van der Waals surface area contributed by atoms with Crippen LogP contribution >= 0.6 is 0 Å². The zero-order chi connectivity index (χ0) is 20.3. The van der Waals surface area contributed by atoms with Gasteiger partial charge in [0.2, 0.25) is 15.9 Å². The average molecular weight is 409 g/mol. The van der Waals surface area contributed by atoms with Crippen LogP contribution in [0.3, 0.4) is 0 Å². The van der Waals surface area contributed by atoms with Crippen LogP contribution in [0.25, 0.3) is 0 Å². The van der Waals surface area contributed by atoms with Crippen LogP contribution in [0.4, 0.5) is 0 Å². The van der Waals surface area contributed by atoms with E-state index in [1.165, 1.54) is 10.5 Å². The Kier molecular flexibility index (Phi) is 6.19. The molecular formula is C18H28N6O3S. The molecule has 154 valence electrons. The van der Waals surface area contributed by atoms with Crippen molar-refractivity contribution >= 4 is 15.9 Å². The molecule has 1 N–H and O–H groups in total. The molecule has 1 amide bonds. The number of hydrogen-bond donors (Lipinski definition) is 1. The van der Waals surface area contributed by atoms with Crippen molar-refractivity contribution < 1.29 is 13.2 Å². The first-order chi connectivity index (χ1) is 13.3. The van der Waals surface area contributed by atoms with Crippen molar-refractivity contribution in [3.63, 3.8) is 0 Å². The van der Waals surface area contributed by atoms with Crippen LogP contribution in [0.5, 0.6) is 0 Å². The van der Waals surface area contributed by atoms with Crippen LogP contribution in [0.15, 0.2) is 23.5 Å². The molecule has 3 rings (SSSR count). The second-order valence-corrected chi connectivity index (χ2v) is 9.25. The van der Waals surface area contributed by atoms with Gasteiger partial charge in [-0.15, -0.1) is 0 Å². The van der Waals surface area contributed by atoms with Crippen molar-refractivity contribution in [1.82, 2.24) is 29.2 Å². The molecule has 1 saturated heterocycles. The Hall–Kier alpha value is -2.20. The van der Waals surface area contributed by atoms with Gasteiger partial charge in [-0.05, 0) is 38.7 Å². The molecule has 9 nitrogen and oxygen atoms in total. The largest absolute Gasteiger partial charge is 0.356 e. The number of sulfonamides is 1. The van der Waals surface area contributed by atoms with Crippen molar-refractivity contribution in [2.45, 2.75) is 44.6 Å². The third-order valence-electron chi connectivity index (χ3n) is 5.19. The van der Waals surface area contributed by atoms with Crippen molar-refractivity contribution in [2.24, 2.45) is 13.0 Å². The van der Waals surface area contributed by atoms with Crippen LogP contribution in [0.2, 0.25) is 0 Å². The zero-order valence-corrected chi connectivity index (χ0v) is 17.4. The van der Waals surface area contributed by atoms with Crippen LogP contribution in [-0.2, 0) is 28.4 Å². The normalized spacial score (nSPS) is 18.3. The highest BCUT2D eigenvalue weighted by atomic mass is 32.2. The summed E-state index contributed by atoms with van der Waals surface area (Å²) in [7, 11) is -1.93. The van der Waals surface area contributed by atoms with E-state index in [0.29, 0.717) is 31.6 Å². The predicted octanol–water partition coefficient (Wildman–Crippen LogP) is 0.841. The molecule has 0 saturated carbocycles. The summed E-state index contributed by atoms with van der Waals surface area (Å²) in [5.41, 5.74) is 1.71. The summed E-state index contributed by atoms with van der Waals surface area (Å²) >= 11 is 0. The van der Waals surface area contributed by atoms with Crippen molar-refractivity contribution in [3.8, 4) is 0 Å². The molecule has 1 atom stereocenters. The van der Waals surface area contributed by atoms with Gasteiger partial charge in [-0.3, -0.25) is 14.2 Å². The highest BCUT2D eigenvalue weighted by molar-refractivity contribution is 7.89. The van der Waals surface area contributed by atoms with Crippen LogP contribution in [0, 0.1) is 19.8 Å². The fourth-order valence-electron chi connectivity index (χ4n) is 3.43. The molecule has 0 aromatic carbocycles. The Bertz CT molecular complexity index is 933. The molecule has 1 fully saturated rings. The molecule has 0 radical (unpaired) electrons. The minimum atomic E-state index is -3.64. The summed E-state index contributed by atoms with van der Waals surface area (Å²) in [6.07, 6.45) is 7.29. The summed E-state index contributed by atoms with van der Waals surface area (Å²) in [6, 6.07) is 0. The van der Waals surface area contributed by atoms with E-state index < -0.39 is 10.0 Å². The maximum Gasteiger partial charge on any atom is 0.246 e. The molecule has 1 aliphatic heterocycles. The topological polar surface area (TPSA) is 102 Å². The first-order valence-electron chi connectivity index (χ1n) is 9.54. The summed E-state index contributed by atoms with van der Waals surface area (Å²) in [4.78, 5) is 12.7. The molecule has 28 heavy (non-hydrogen) atoms. The lowest BCUT2D eigenvalue weighted by molar-refractivity contribution is -0.126. The summed E-state index contributed by atoms with van der Waals surface area (Å²) in [5.74, 6) is -0.410. The number of piperidine rings is 1. The van der Waals surface area contributed by atoms with E-state index in [2.05, 4.69) is 15.5 Å². The molecule has 1 aliphatic rings. The minimum Gasteiger partial charge on any atom is -0.356 e. The molecule has 10 heteroatoms. The Morgan fingerprint density at radius 1 is 1.29 bits per heavy atom. The van der Waals surface area contributed by atoms with Gasteiger partial charge < -0.3 is 5.32 Å². The van der Waals surface area contributed by atoms with Crippen LogP contribution < -0.4 is 5.32 Å². The van der Waals surface area contributed by atoms with Gasteiger partial charge in [0.15, 0.2) is 0 Å². The van der Waals surface area contributed by atoms with Gasteiger partial charge >= 0.3 is 0 Å². The fourth-order valence-corrected chi connectivity index (χ4v) is 5.14. The van der Waals surface area contributed by atoms with Gasteiger partial charge in [0, 0.05) is 39.4 Å². The van der Waals surface area contributed by atoms with Crippen LogP contribution in [0.1, 0.15) is 30.5 Å². The molecule has 2 aromatic heterocycles. The standard InChI is InChI=1S/C18H28N6O3S/c1-14-10-21-23(12-14)8-5-7-19-18(25)16-6-4-9-24(13-16)28(26,27)17-11-20-22(3)15(17)2/h10-12,16H,4-9,13H2,1-3H3,(H,19,25)/t16-/m1/s1. The number of carbonyl (C=O) groups is 1. The number of hydrogen-bond acceptors (Lipinski definition) is 5. The molecule has 3 heterocycles. The Morgan fingerprint density at radius 2 is 2.07 bits per heavy atom. The van der Waals surface area contributed by atoms with E-state index in [9.17, 15) is 13.2 Å². The lowest BCUT2D eigenvalue weighted by atomic mass is 9.99. The Labute approximate surface area is 165 Å². The summed E-state index contributed by atoms with van der Waals surface area (Å²) in [6.45, 7) is 5.64. The average Bonchev–Trinajstić information content (AvgIpc) is 3.24. The quantitative estimate of drug-likeness (QED) is 0.684. The second kappa shape index (κ2) is 8.44. The third-order valence-corrected chi connectivity index (χ3v) is 7.16. The van der Waals surface area contributed by atoms with E-state index in [1.807, 2.05) is 17.8 Å². The number of aryl methyl sites for hydroxylation is 3.